The molecule has 0 amide bonds. The molecule has 1 aromatic heterocycles. The van der Waals surface area contributed by atoms with Gasteiger partial charge in [-0.1, -0.05) is 11.6 Å². The van der Waals surface area contributed by atoms with Crippen molar-refractivity contribution in [2.75, 3.05) is 13.2 Å². The minimum Gasteiger partial charge on any atom is -0.381 e. The molecule has 0 aliphatic carbocycles. The molecule has 17 heavy (non-hydrogen) atoms. The summed E-state index contributed by atoms with van der Waals surface area (Å²) >= 11 is 5.97. The molecule has 0 atom stereocenters. The molecule has 1 aromatic carbocycles. The van der Waals surface area contributed by atoms with Crippen molar-refractivity contribution in [1.82, 2.24) is 4.57 Å². The van der Waals surface area contributed by atoms with Gasteiger partial charge in [0.2, 0.25) is 0 Å². The first-order valence-corrected chi connectivity index (χ1v) is 6.44. The molecule has 89 valence electrons. The Balaban J connectivity index is 1.84. The Morgan fingerprint density at radius 2 is 2.18 bits per heavy atom. The molecular formula is C14H15ClNO. The van der Waals surface area contributed by atoms with Crippen LogP contribution in [0.3, 0.4) is 0 Å². The van der Waals surface area contributed by atoms with Gasteiger partial charge in [0.15, 0.2) is 0 Å². The normalized spacial score (nSPS) is 17.7. The van der Waals surface area contributed by atoms with Crippen LogP contribution in [0.15, 0.2) is 24.4 Å². The number of benzene rings is 1. The van der Waals surface area contributed by atoms with E-state index in [1.54, 1.807) is 0 Å². The van der Waals surface area contributed by atoms with Crippen LogP contribution < -0.4 is 0 Å². The zero-order valence-electron chi connectivity index (χ0n) is 9.66. The second kappa shape index (κ2) is 4.71. The molecule has 0 spiro atoms. The number of hydrogen-bond acceptors (Lipinski definition) is 1. The Hall–Kier alpha value is -0.990. The molecule has 2 heterocycles. The van der Waals surface area contributed by atoms with Crippen molar-refractivity contribution in [3.8, 4) is 0 Å². The summed E-state index contributed by atoms with van der Waals surface area (Å²) < 4.78 is 7.67. The predicted molar refractivity (Wildman–Crippen MR) is 69.3 cm³/mol. The summed E-state index contributed by atoms with van der Waals surface area (Å²) in [6, 6.07) is 9.25. The van der Waals surface area contributed by atoms with Crippen LogP contribution in [0, 0.1) is 12.0 Å². The van der Waals surface area contributed by atoms with E-state index in [-0.39, 0.29) is 0 Å². The van der Waals surface area contributed by atoms with Gasteiger partial charge in [0.05, 0.1) is 0 Å². The molecule has 0 bridgehead atoms. The van der Waals surface area contributed by atoms with Crippen molar-refractivity contribution in [1.29, 1.82) is 0 Å². The second-order valence-electron chi connectivity index (χ2n) is 4.64. The third kappa shape index (κ3) is 2.33. The molecule has 1 fully saturated rings. The number of ether oxygens (including phenoxy) is 1. The maximum absolute atomic E-state index is 5.97. The van der Waals surface area contributed by atoms with E-state index in [0.717, 1.165) is 48.9 Å². The smallest absolute Gasteiger partial charge is 0.0487 e. The number of halogens is 1. The molecule has 3 rings (SSSR count). The lowest BCUT2D eigenvalue weighted by molar-refractivity contribution is 0.0616. The first-order chi connectivity index (χ1) is 8.33. The van der Waals surface area contributed by atoms with E-state index in [0.29, 0.717) is 0 Å². The van der Waals surface area contributed by atoms with Crippen LogP contribution in [0.25, 0.3) is 10.9 Å². The van der Waals surface area contributed by atoms with Crippen molar-refractivity contribution in [2.24, 2.45) is 5.92 Å². The van der Waals surface area contributed by atoms with Gasteiger partial charge in [-0.3, -0.25) is 0 Å². The molecule has 1 aliphatic heterocycles. The van der Waals surface area contributed by atoms with Gasteiger partial charge < -0.3 is 9.30 Å². The number of rotatable bonds is 2. The van der Waals surface area contributed by atoms with Crippen molar-refractivity contribution < 1.29 is 4.74 Å². The summed E-state index contributed by atoms with van der Waals surface area (Å²) in [5, 5.41) is 1.88. The van der Waals surface area contributed by atoms with Crippen molar-refractivity contribution in [3.63, 3.8) is 0 Å². The average molecular weight is 249 g/mol. The molecule has 1 saturated heterocycles. The molecule has 3 heteroatoms. The maximum Gasteiger partial charge on any atom is 0.0487 e. The van der Waals surface area contributed by atoms with E-state index in [1.165, 1.54) is 5.52 Å². The van der Waals surface area contributed by atoms with Gasteiger partial charge >= 0.3 is 0 Å². The number of nitrogens with zero attached hydrogens (tertiary/aromatic N) is 1. The lowest BCUT2D eigenvalue weighted by Gasteiger charge is -2.22. The fraction of sp³-hybridized carbons (Fsp3) is 0.429. The molecule has 0 unspecified atom stereocenters. The lowest BCUT2D eigenvalue weighted by atomic mass is 10.0. The zero-order valence-corrected chi connectivity index (χ0v) is 10.4. The van der Waals surface area contributed by atoms with Gasteiger partial charge in [0.25, 0.3) is 0 Å². The van der Waals surface area contributed by atoms with Crippen LogP contribution in [0.1, 0.15) is 12.8 Å². The summed E-state index contributed by atoms with van der Waals surface area (Å²) in [6.45, 7) is 2.86. The van der Waals surface area contributed by atoms with Gasteiger partial charge in [0, 0.05) is 47.9 Å². The van der Waals surface area contributed by atoms with Gasteiger partial charge in [-0.15, -0.1) is 0 Å². The third-order valence-electron chi connectivity index (χ3n) is 3.44. The Bertz CT molecular complexity index is 514. The summed E-state index contributed by atoms with van der Waals surface area (Å²) in [5.74, 6) is 0.725. The lowest BCUT2D eigenvalue weighted by Crippen LogP contribution is -2.19. The Morgan fingerprint density at radius 1 is 1.35 bits per heavy atom. The quantitative estimate of drug-likeness (QED) is 0.793. The predicted octanol–water partition coefficient (Wildman–Crippen LogP) is 3.52. The number of aromatic nitrogens is 1. The van der Waals surface area contributed by atoms with Crippen LogP contribution >= 0.6 is 11.6 Å². The highest BCUT2D eigenvalue weighted by Gasteiger charge is 2.15. The highest BCUT2D eigenvalue weighted by Crippen LogP contribution is 2.23. The maximum atomic E-state index is 5.97. The summed E-state index contributed by atoms with van der Waals surface area (Å²) in [7, 11) is 0. The van der Waals surface area contributed by atoms with Gasteiger partial charge in [0.1, 0.15) is 0 Å². The Kier molecular flexibility index (Phi) is 3.08. The molecule has 0 saturated carbocycles. The zero-order chi connectivity index (χ0) is 11.7. The first kappa shape index (κ1) is 11.1. The molecule has 2 aromatic rings. The summed E-state index contributed by atoms with van der Waals surface area (Å²) in [5.41, 5.74) is 1.22. The molecule has 2 nitrogen and oxygen atoms in total. The third-order valence-corrected chi connectivity index (χ3v) is 3.67. The topological polar surface area (TPSA) is 14.2 Å². The fourth-order valence-electron chi connectivity index (χ4n) is 2.45. The van der Waals surface area contributed by atoms with E-state index < -0.39 is 0 Å². The minimum atomic E-state index is 0.725. The molecule has 1 aliphatic rings. The van der Waals surface area contributed by atoms with Crippen molar-refractivity contribution in [2.45, 2.75) is 19.4 Å². The van der Waals surface area contributed by atoms with Crippen LogP contribution in [0.2, 0.25) is 5.02 Å². The summed E-state index contributed by atoms with van der Waals surface area (Å²) in [6.07, 6.45) is 4.36. The van der Waals surface area contributed by atoms with E-state index in [2.05, 4.69) is 16.7 Å². The van der Waals surface area contributed by atoms with Crippen LogP contribution in [0.4, 0.5) is 0 Å². The molecule has 1 radical (unpaired) electrons. The van der Waals surface area contributed by atoms with Gasteiger partial charge in [-0.05, 0) is 37.0 Å². The Morgan fingerprint density at radius 3 is 3.00 bits per heavy atom. The van der Waals surface area contributed by atoms with E-state index in [4.69, 9.17) is 16.3 Å². The standard InChI is InChI=1S/C14H15ClNO/c15-13-1-2-14-12(9-13)3-6-16(14)10-11-4-7-17-8-5-11/h1-2,6,9,11H,4-5,7-8,10H2. The van der Waals surface area contributed by atoms with Crippen LogP contribution in [-0.2, 0) is 11.3 Å². The van der Waals surface area contributed by atoms with Crippen molar-refractivity contribution in [3.05, 3.63) is 35.5 Å². The number of fused-ring (bicyclic) bond motifs is 1. The van der Waals surface area contributed by atoms with E-state index in [9.17, 15) is 0 Å². The Labute approximate surface area is 106 Å². The van der Waals surface area contributed by atoms with Gasteiger partial charge in [-0.2, -0.15) is 0 Å². The summed E-state index contributed by atoms with van der Waals surface area (Å²) in [4.78, 5) is 0. The van der Waals surface area contributed by atoms with Crippen LogP contribution in [0.5, 0.6) is 0 Å². The monoisotopic (exact) mass is 248 g/mol. The molecular weight excluding hydrogens is 234 g/mol. The van der Waals surface area contributed by atoms with Crippen LogP contribution in [-0.4, -0.2) is 17.8 Å². The molecule has 0 N–H and O–H groups in total. The minimum absolute atomic E-state index is 0.725. The highest BCUT2D eigenvalue weighted by atomic mass is 35.5. The largest absolute Gasteiger partial charge is 0.381 e. The van der Waals surface area contributed by atoms with Gasteiger partial charge in [-0.25, -0.2) is 0 Å². The van der Waals surface area contributed by atoms with E-state index >= 15 is 0 Å². The highest BCUT2D eigenvalue weighted by molar-refractivity contribution is 6.31. The van der Waals surface area contributed by atoms with E-state index in [1.807, 2.05) is 18.3 Å². The first-order valence-electron chi connectivity index (χ1n) is 6.07. The SMILES string of the molecule is Clc1ccc2c([c]cn2CC2CCOCC2)c1. The fourth-order valence-corrected chi connectivity index (χ4v) is 2.62. The van der Waals surface area contributed by atoms with Crippen molar-refractivity contribution >= 4 is 22.5 Å². The number of hydrogen-bond donors (Lipinski definition) is 0. The average Bonchev–Trinajstić information content (AvgIpc) is 2.73. The second-order valence-corrected chi connectivity index (χ2v) is 5.08.